The molecule has 4 rings (SSSR count). The van der Waals surface area contributed by atoms with Gasteiger partial charge in [0.1, 0.15) is 6.10 Å². The van der Waals surface area contributed by atoms with Crippen LogP contribution in [0.15, 0.2) is 42.9 Å². The van der Waals surface area contributed by atoms with Crippen molar-refractivity contribution in [2.45, 2.75) is 106 Å². The highest BCUT2D eigenvalue weighted by Gasteiger charge is 2.22. The summed E-state index contributed by atoms with van der Waals surface area (Å²) < 4.78 is 7.55. The van der Waals surface area contributed by atoms with E-state index < -0.39 is 0 Å². The average molecular weight is 574 g/mol. The number of carbonyl (C=O) groups excluding carboxylic acids is 2. The lowest BCUT2D eigenvalue weighted by atomic mass is 9.98. The van der Waals surface area contributed by atoms with Crippen LogP contribution in [-0.2, 0) is 22.5 Å². The highest BCUT2D eigenvalue weighted by Crippen LogP contribution is 2.21. The topological polar surface area (TPSA) is 79.7 Å². The van der Waals surface area contributed by atoms with Crippen LogP contribution < -0.4 is 5.32 Å². The summed E-state index contributed by atoms with van der Waals surface area (Å²) >= 11 is 0. The Bertz CT molecular complexity index is 863. The largest absolute Gasteiger partial charge is 0.446 e. The van der Waals surface area contributed by atoms with E-state index in [0.717, 1.165) is 83.6 Å². The van der Waals surface area contributed by atoms with Gasteiger partial charge in [0.25, 0.3) is 0 Å². The summed E-state index contributed by atoms with van der Waals surface area (Å²) in [6, 6.07) is 10.3. The third-order valence-electron chi connectivity index (χ3n) is 6.50. The molecule has 1 N–H and O–H groups in total. The summed E-state index contributed by atoms with van der Waals surface area (Å²) in [7, 11) is 0. The van der Waals surface area contributed by atoms with E-state index in [-0.39, 0.29) is 12.2 Å². The molecule has 1 aromatic carbocycles. The number of hydrogen-bond acceptors (Lipinski definition) is 5. The van der Waals surface area contributed by atoms with Crippen molar-refractivity contribution in [1.82, 2.24) is 24.7 Å². The van der Waals surface area contributed by atoms with Crippen molar-refractivity contribution in [2.24, 2.45) is 0 Å². The number of carbonyl (C=O) groups is 2. The Balaban J connectivity index is 0.000000677. The predicted molar refractivity (Wildman–Crippen MR) is 171 cm³/mol. The fraction of sp³-hybridized carbons (Fsp3) is 0.667. The van der Waals surface area contributed by atoms with Gasteiger partial charge in [-0.2, -0.15) is 0 Å². The van der Waals surface area contributed by atoms with Crippen molar-refractivity contribution in [1.29, 1.82) is 0 Å². The van der Waals surface area contributed by atoms with E-state index in [4.69, 9.17) is 4.74 Å². The van der Waals surface area contributed by atoms with Crippen LogP contribution >= 0.6 is 0 Å². The quantitative estimate of drug-likeness (QED) is 0.337. The van der Waals surface area contributed by atoms with Crippen molar-refractivity contribution >= 4 is 12.5 Å². The highest BCUT2D eigenvalue weighted by atomic mass is 16.6. The minimum absolute atomic E-state index is 0.108. The zero-order valence-corrected chi connectivity index (χ0v) is 27.1. The number of piperazine rings is 1. The Morgan fingerprint density at radius 2 is 1.63 bits per heavy atom. The van der Waals surface area contributed by atoms with Crippen molar-refractivity contribution in [3.63, 3.8) is 0 Å². The Labute approximate surface area is 250 Å². The lowest BCUT2D eigenvalue weighted by molar-refractivity contribution is -0.118. The molecule has 0 unspecified atom stereocenters. The first-order valence-electron chi connectivity index (χ1n) is 16.0. The second-order valence-electron chi connectivity index (χ2n) is 9.36. The van der Waals surface area contributed by atoms with Crippen molar-refractivity contribution in [2.75, 3.05) is 39.3 Å². The van der Waals surface area contributed by atoms with E-state index in [1.807, 2.05) is 89.0 Å². The van der Waals surface area contributed by atoms with Crippen LogP contribution in [0.5, 0.6) is 0 Å². The molecule has 2 fully saturated rings. The second-order valence-corrected chi connectivity index (χ2v) is 9.36. The van der Waals surface area contributed by atoms with Gasteiger partial charge in [-0.15, -0.1) is 0 Å². The van der Waals surface area contributed by atoms with Gasteiger partial charge in [-0.3, -0.25) is 4.79 Å². The standard InChI is InChI=1S/C16H21N3O.C11H20N2O2.3C2H6/c1-15-12-19(13-17-15)10-5-9-18(14-20)11-8-16-6-3-2-4-7-16;14-11(13-8-6-12-7-9-13)15-10-4-2-1-3-5-10;3*1-2/h2-4,6-7,12-14H,5,8-11H2,1H3;10,12H,1-9H2;3*1-2H3. The van der Waals surface area contributed by atoms with Crippen LogP contribution in [0.4, 0.5) is 4.79 Å². The summed E-state index contributed by atoms with van der Waals surface area (Å²) in [5.74, 6) is 0. The molecule has 0 spiro atoms. The molecule has 0 radical (unpaired) electrons. The Morgan fingerprint density at radius 3 is 2.20 bits per heavy atom. The molecule has 1 aromatic heterocycles. The predicted octanol–water partition coefficient (Wildman–Crippen LogP) is 6.72. The lowest BCUT2D eigenvalue weighted by Crippen LogP contribution is -2.47. The molecule has 0 bridgehead atoms. The smallest absolute Gasteiger partial charge is 0.410 e. The van der Waals surface area contributed by atoms with Crippen molar-refractivity contribution < 1.29 is 14.3 Å². The first kappa shape index (κ1) is 38.1. The molecule has 0 atom stereocenters. The van der Waals surface area contributed by atoms with Gasteiger partial charge in [-0.25, -0.2) is 9.78 Å². The number of ether oxygens (including phenoxy) is 1. The fourth-order valence-electron chi connectivity index (χ4n) is 4.43. The van der Waals surface area contributed by atoms with Crippen LogP contribution in [0.3, 0.4) is 0 Å². The normalized spacial score (nSPS) is 14.3. The molecule has 2 aliphatic rings. The van der Waals surface area contributed by atoms with Crippen LogP contribution in [0.2, 0.25) is 0 Å². The molecule has 1 aliphatic carbocycles. The molecule has 41 heavy (non-hydrogen) atoms. The number of nitrogens with one attached hydrogen (secondary N) is 1. The van der Waals surface area contributed by atoms with E-state index in [2.05, 4.69) is 27.0 Å². The van der Waals surface area contributed by atoms with E-state index >= 15 is 0 Å². The number of hydrogen-bond donors (Lipinski definition) is 1. The maximum Gasteiger partial charge on any atom is 0.410 e. The van der Waals surface area contributed by atoms with E-state index in [1.165, 1.54) is 24.8 Å². The number of aromatic nitrogens is 2. The lowest BCUT2D eigenvalue weighted by Gasteiger charge is -2.29. The molecule has 1 aliphatic heterocycles. The third kappa shape index (κ3) is 17.5. The molecular weight excluding hydrogens is 514 g/mol. The molecule has 1 saturated carbocycles. The molecule has 8 heteroatoms. The highest BCUT2D eigenvalue weighted by molar-refractivity contribution is 5.68. The van der Waals surface area contributed by atoms with Crippen molar-refractivity contribution in [3.8, 4) is 0 Å². The minimum atomic E-state index is -0.108. The number of amides is 2. The number of rotatable bonds is 9. The molecular formula is C33H59N5O3. The van der Waals surface area contributed by atoms with Gasteiger partial charge in [-0.1, -0.05) is 78.3 Å². The fourth-order valence-corrected chi connectivity index (χ4v) is 4.43. The van der Waals surface area contributed by atoms with Crippen molar-refractivity contribution in [3.05, 3.63) is 54.1 Å². The number of imidazole rings is 1. The van der Waals surface area contributed by atoms with Gasteiger partial charge < -0.3 is 24.4 Å². The molecule has 234 valence electrons. The average Bonchev–Trinajstić information content (AvgIpc) is 3.48. The van der Waals surface area contributed by atoms with Gasteiger partial charge in [0, 0.05) is 52.0 Å². The van der Waals surface area contributed by atoms with Gasteiger partial charge >= 0.3 is 6.09 Å². The monoisotopic (exact) mass is 573 g/mol. The zero-order chi connectivity index (χ0) is 30.7. The summed E-state index contributed by atoms with van der Waals surface area (Å²) in [6.45, 7) is 19.8. The maximum absolute atomic E-state index is 11.7. The number of aryl methyl sites for hydroxylation is 2. The summed E-state index contributed by atoms with van der Waals surface area (Å²) in [5.41, 5.74) is 2.30. The summed E-state index contributed by atoms with van der Waals surface area (Å²) in [5, 5.41) is 3.22. The second kappa shape index (κ2) is 26.1. The van der Waals surface area contributed by atoms with Gasteiger partial charge in [-0.05, 0) is 51.0 Å². The van der Waals surface area contributed by atoms with Gasteiger partial charge in [0.2, 0.25) is 6.41 Å². The molecule has 1 saturated heterocycles. The molecule has 2 amide bonds. The van der Waals surface area contributed by atoms with Crippen LogP contribution in [-0.4, -0.2) is 77.2 Å². The first-order chi connectivity index (χ1) is 20.1. The minimum Gasteiger partial charge on any atom is -0.446 e. The Kier molecular flexibility index (Phi) is 24.2. The van der Waals surface area contributed by atoms with E-state index in [0.29, 0.717) is 0 Å². The zero-order valence-electron chi connectivity index (χ0n) is 27.1. The summed E-state index contributed by atoms with van der Waals surface area (Å²) in [4.78, 5) is 30.7. The van der Waals surface area contributed by atoms with Crippen LogP contribution in [0.25, 0.3) is 0 Å². The van der Waals surface area contributed by atoms with Crippen LogP contribution in [0, 0.1) is 6.92 Å². The molecule has 2 aromatic rings. The Morgan fingerprint density at radius 1 is 1.00 bits per heavy atom. The van der Waals surface area contributed by atoms with Crippen LogP contribution in [0.1, 0.15) is 91.3 Å². The number of nitrogens with zero attached hydrogens (tertiary/aromatic N) is 4. The number of benzene rings is 1. The Hall–Kier alpha value is -2.87. The third-order valence-corrected chi connectivity index (χ3v) is 6.50. The van der Waals surface area contributed by atoms with Gasteiger partial charge in [0.15, 0.2) is 0 Å². The van der Waals surface area contributed by atoms with E-state index in [9.17, 15) is 9.59 Å². The SMILES string of the molecule is CC.CC.CC.Cc1cn(CCCN(C=O)CCc2ccccc2)cn1.O=C(OC1CCCCC1)N1CCNCC1. The summed E-state index contributed by atoms with van der Waals surface area (Å²) in [6.07, 6.45) is 12.6. The maximum atomic E-state index is 11.7. The molecule has 8 nitrogen and oxygen atoms in total. The van der Waals surface area contributed by atoms with E-state index in [1.54, 1.807) is 0 Å². The first-order valence-corrected chi connectivity index (χ1v) is 16.0. The molecule has 2 heterocycles. The van der Waals surface area contributed by atoms with Gasteiger partial charge in [0.05, 0.1) is 12.0 Å².